The summed E-state index contributed by atoms with van der Waals surface area (Å²) in [7, 11) is 2.00. The molecule has 1 amide bonds. The summed E-state index contributed by atoms with van der Waals surface area (Å²) in [5.41, 5.74) is 2.65. The van der Waals surface area contributed by atoms with Crippen molar-refractivity contribution in [3.05, 3.63) is 0 Å². The Bertz CT molecular complexity index is 218. The summed E-state index contributed by atoms with van der Waals surface area (Å²) in [4.78, 5) is 13.2. The predicted octanol–water partition coefficient (Wildman–Crippen LogP) is 0.877. The Balaban J connectivity index is 2.36. The summed E-state index contributed by atoms with van der Waals surface area (Å²) in [6.07, 6.45) is 4.85. The van der Waals surface area contributed by atoms with Crippen LogP contribution in [0.3, 0.4) is 0 Å². The summed E-state index contributed by atoms with van der Waals surface area (Å²) in [6.45, 7) is 5.03. The molecule has 3 N–H and O–H groups in total. The fourth-order valence-corrected chi connectivity index (χ4v) is 2.23. The third kappa shape index (κ3) is 3.80. The average molecular weight is 213 g/mol. The second kappa shape index (κ2) is 4.94. The van der Waals surface area contributed by atoms with Gasteiger partial charge >= 0.3 is 0 Å². The third-order valence-corrected chi connectivity index (χ3v) is 3.49. The van der Waals surface area contributed by atoms with Crippen LogP contribution in [0.25, 0.3) is 0 Å². The summed E-state index contributed by atoms with van der Waals surface area (Å²) in [5, 5.41) is 0. The molecule has 0 aromatic heterocycles. The molecule has 0 bridgehead atoms. The van der Waals surface area contributed by atoms with Gasteiger partial charge in [0.25, 0.3) is 0 Å². The van der Waals surface area contributed by atoms with Crippen molar-refractivity contribution in [3.8, 4) is 0 Å². The van der Waals surface area contributed by atoms with Gasteiger partial charge in [-0.15, -0.1) is 0 Å². The molecule has 0 saturated heterocycles. The van der Waals surface area contributed by atoms with E-state index in [4.69, 9.17) is 5.84 Å². The van der Waals surface area contributed by atoms with Crippen LogP contribution in [0.15, 0.2) is 0 Å². The Morgan fingerprint density at radius 3 is 2.47 bits per heavy atom. The molecule has 0 aromatic rings. The van der Waals surface area contributed by atoms with E-state index in [0.29, 0.717) is 18.0 Å². The third-order valence-electron chi connectivity index (χ3n) is 3.49. The van der Waals surface area contributed by atoms with Gasteiger partial charge < -0.3 is 0 Å². The molecule has 15 heavy (non-hydrogen) atoms. The molecule has 1 rings (SSSR count). The average Bonchev–Trinajstić information content (AvgIpc) is 2.17. The van der Waals surface area contributed by atoms with Gasteiger partial charge in [0.1, 0.15) is 0 Å². The lowest BCUT2D eigenvalue weighted by Crippen LogP contribution is -2.44. The van der Waals surface area contributed by atoms with Crippen molar-refractivity contribution in [3.63, 3.8) is 0 Å². The minimum atomic E-state index is -0.109. The second-order valence-corrected chi connectivity index (χ2v) is 5.38. The molecule has 88 valence electrons. The first kappa shape index (κ1) is 12.5. The van der Waals surface area contributed by atoms with Gasteiger partial charge in [0.2, 0.25) is 5.91 Å². The highest BCUT2D eigenvalue weighted by Gasteiger charge is 2.29. The van der Waals surface area contributed by atoms with Crippen molar-refractivity contribution in [2.24, 2.45) is 11.3 Å². The summed E-state index contributed by atoms with van der Waals surface area (Å²) < 4.78 is 0. The molecule has 1 aliphatic rings. The van der Waals surface area contributed by atoms with E-state index in [9.17, 15) is 4.79 Å². The monoisotopic (exact) mass is 213 g/mol. The standard InChI is InChI=1S/C11H23N3O/c1-11(2)6-4-9(5-7-11)14(3)8-10(15)13-12/h9H,4-8,12H2,1-3H3,(H,13,15). The first-order chi connectivity index (χ1) is 6.94. The highest BCUT2D eigenvalue weighted by Crippen LogP contribution is 2.36. The fourth-order valence-electron chi connectivity index (χ4n) is 2.23. The quantitative estimate of drug-likeness (QED) is 0.415. The zero-order valence-corrected chi connectivity index (χ0v) is 10.0. The zero-order chi connectivity index (χ0) is 11.5. The highest BCUT2D eigenvalue weighted by atomic mass is 16.2. The van der Waals surface area contributed by atoms with E-state index in [1.54, 1.807) is 0 Å². The van der Waals surface area contributed by atoms with Gasteiger partial charge in [-0.05, 0) is 38.1 Å². The van der Waals surface area contributed by atoms with Crippen molar-refractivity contribution in [2.75, 3.05) is 13.6 Å². The predicted molar refractivity (Wildman–Crippen MR) is 61.0 cm³/mol. The normalized spacial score (nSPS) is 21.7. The first-order valence-corrected chi connectivity index (χ1v) is 5.64. The lowest BCUT2D eigenvalue weighted by molar-refractivity contribution is -0.122. The number of rotatable bonds is 3. The van der Waals surface area contributed by atoms with Crippen LogP contribution in [0, 0.1) is 5.41 Å². The number of likely N-dealkylation sites (N-methyl/N-ethyl adjacent to an activating group) is 1. The number of amides is 1. The van der Waals surface area contributed by atoms with Crippen LogP contribution in [0.4, 0.5) is 0 Å². The zero-order valence-electron chi connectivity index (χ0n) is 10.0. The summed E-state index contributed by atoms with van der Waals surface area (Å²) in [6, 6.07) is 0.537. The molecule has 0 atom stereocenters. The van der Waals surface area contributed by atoms with E-state index in [-0.39, 0.29) is 5.91 Å². The van der Waals surface area contributed by atoms with Gasteiger partial charge in [-0.25, -0.2) is 5.84 Å². The number of hydrogen-bond donors (Lipinski definition) is 2. The van der Waals surface area contributed by atoms with E-state index < -0.39 is 0 Å². The molecule has 1 fully saturated rings. The molecule has 0 aromatic carbocycles. The van der Waals surface area contributed by atoms with Crippen LogP contribution in [0.2, 0.25) is 0 Å². The SMILES string of the molecule is CN(CC(=O)NN)C1CCC(C)(C)CC1. The van der Waals surface area contributed by atoms with Gasteiger partial charge in [-0.1, -0.05) is 13.8 Å². The van der Waals surface area contributed by atoms with Crippen LogP contribution in [0.5, 0.6) is 0 Å². The lowest BCUT2D eigenvalue weighted by atomic mass is 9.75. The number of hydrazine groups is 1. The molecule has 4 heteroatoms. The maximum Gasteiger partial charge on any atom is 0.248 e. The maximum absolute atomic E-state index is 11.1. The topological polar surface area (TPSA) is 58.4 Å². The molecule has 4 nitrogen and oxygen atoms in total. The van der Waals surface area contributed by atoms with Crippen LogP contribution < -0.4 is 11.3 Å². The van der Waals surface area contributed by atoms with Crippen LogP contribution in [-0.4, -0.2) is 30.4 Å². The van der Waals surface area contributed by atoms with E-state index in [1.165, 1.54) is 25.7 Å². The maximum atomic E-state index is 11.1. The first-order valence-electron chi connectivity index (χ1n) is 5.64. The van der Waals surface area contributed by atoms with Gasteiger partial charge in [0, 0.05) is 6.04 Å². The number of nitrogens with zero attached hydrogens (tertiary/aromatic N) is 1. The van der Waals surface area contributed by atoms with Crippen molar-refractivity contribution >= 4 is 5.91 Å². The summed E-state index contributed by atoms with van der Waals surface area (Å²) >= 11 is 0. The Hall–Kier alpha value is -0.610. The molecule has 0 heterocycles. The molecular formula is C11H23N3O. The van der Waals surface area contributed by atoms with Crippen molar-refractivity contribution in [2.45, 2.75) is 45.6 Å². The fraction of sp³-hybridized carbons (Fsp3) is 0.909. The van der Waals surface area contributed by atoms with Crippen LogP contribution in [-0.2, 0) is 4.79 Å². The Labute approximate surface area is 92.2 Å². The van der Waals surface area contributed by atoms with Crippen LogP contribution >= 0.6 is 0 Å². The van der Waals surface area contributed by atoms with Crippen LogP contribution in [0.1, 0.15) is 39.5 Å². The Morgan fingerprint density at radius 2 is 2.00 bits per heavy atom. The van der Waals surface area contributed by atoms with Gasteiger partial charge in [0.15, 0.2) is 0 Å². The number of carbonyl (C=O) groups is 1. The smallest absolute Gasteiger partial charge is 0.248 e. The van der Waals surface area contributed by atoms with Gasteiger partial charge in [0.05, 0.1) is 6.54 Å². The molecule has 0 spiro atoms. The van der Waals surface area contributed by atoms with Gasteiger partial charge in [-0.3, -0.25) is 15.1 Å². The van der Waals surface area contributed by atoms with E-state index >= 15 is 0 Å². The largest absolute Gasteiger partial charge is 0.295 e. The summed E-state index contributed by atoms with van der Waals surface area (Å²) in [5.74, 6) is 4.96. The Kier molecular flexibility index (Phi) is 4.11. The molecule has 0 aliphatic heterocycles. The van der Waals surface area contributed by atoms with Crippen molar-refractivity contribution < 1.29 is 4.79 Å². The van der Waals surface area contributed by atoms with E-state index in [0.717, 1.165) is 0 Å². The minimum Gasteiger partial charge on any atom is -0.295 e. The molecule has 1 saturated carbocycles. The molecule has 1 aliphatic carbocycles. The molecular weight excluding hydrogens is 190 g/mol. The molecule has 0 unspecified atom stereocenters. The number of nitrogens with two attached hydrogens (primary N) is 1. The minimum absolute atomic E-state index is 0.109. The van der Waals surface area contributed by atoms with Crippen molar-refractivity contribution in [1.82, 2.24) is 10.3 Å². The van der Waals surface area contributed by atoms with E-state index in [2.05, 4.69) is 24.2 Å². The van der Waals surface area contributed by atoms with Crippen molar-refractivity contribution in [1.29, 1.82) is 0 Å². The highest BCUT2D eigenvalue weighted by molar-refractivity contribution is 5.77. The molecule has 0 radical (unpaired) electrons. The number of nitrogens with one attached hydrogen (secondary N) is 1. The lowest BCUT2D eigenvalue weighted by Gasteiger charge is -2.38. The second-order valence-electron chi connectivity index (χ2n) is 5.38. The Morgan fingerprint density at radius 1 is 1.47 bits per heavy atom. The van der Waals surface area contributed by atoms with Gasteiger partial charge in [-0.2, -0.15) is 0 Å². The number of carbonyl (C=O) groups excluding carboxylic acids is 1. The van der Waals surface area contributed by atoms with E-state index in [1.807, 2.05) is 7.05 Å². The number of hydrogen-bond acceptors (Lipinski definition) is 3.